The number of rotatable bonds is 9. The Morgan fingerprint density at radius 1 is 1.29 bits per heavy atom. The highest BCUT2D eigenvalue weighted by atomic mass is 35.5. The van der Waals surface area contributed by atoms with Crippen molar-refractivity contribution in [2.75, 3.05) is 13.1 Å². The Morgan fingerprint density at radius 3 is 2.71 bits per heavy atom. The van der Waals surface area contributed by atoms with Gasteiger partial charge >= 0.3 is 6.61 Å². The van der Waals surface area contributed by atoms with Gasteiger partial charge in [-0.25, -0.2) is 4.99 Å². The van der Waals surface area contributed by atoms with Crippen LogP contribution in [-0.2, 0) is 13.0 Å². The molecule has 0 aliphatic rings. The number of H-pyrrole nitrogens is 1. The predicted octanol–water partition coefficient (Wildman–Crippen LogP) is 4.31. The van der Waals surface area contributed by atoms with Crippen LogP contribution in [0.1, 0.15) is 30.2 Å². The summed E-state index contributed by atoms with van der Waals surface area (Å²) >= 11 is 12.0. The topological polar surface area (TPSA) is 74.3 Å². The molecule has 0 unspecified atom stereocenters. The smallest absolute Gasteiger partial charge is 0.387 e. The number of halogens is 4. The molecule has 0 atom stereocenters. The first-order valence-corrected chi connectivity index (χ1v) is 9.60. The summed E-state index contributed by atoms with van der Waals surface area (Å²) in [6.45, 7) is 2.36. The zero-order valence-corrected chi connectivity index (χ0v) is 17.2. The molecule has 0 radical (unpaired) electrons. The normalized spacial score (nSPS) is 11.8. The average Bonchev–Trinajstić information content (AvgIpc) is 3.03. The maximum absolute atomic E-state index is 12.7. The lowest BCUT2D eigenvalue weighted by Gasteiger charge is -2.14. The van der Waals surface area contributed by atoms with Gasteiger partial charge in [-0.2, -0.15) is 13.9 Å². The number of hydrogen-bond acceptors (Lipinski definition) is 3. The van der Waals surface area contributed by atoms with Crippen LogP contribution in [0.2, 0.25) is 10.0 Å². The highest BCUT2D eigenvalue weighted by Crippen LogP contribution is 2.34. The fourth-order valence-corrected chi connectivity index (χ4v) is 3.15. The van der Waals surface area contributed by atoms with Gasteiger partial charge in [-0.3, -0.25) is 5.10 Å². The van der Waals surface area contributed by atoms with Gasteiger partial charge in [-0.15, -0.1) is 0 Å². The van der Waals surface area contributed by atoms with Crippen LogP contribution in [0.5, 0.6) is 5.75 Å². The minimum atomic E-state index is -2.99. The number of ether oxygens (including phenoxy) is 1. The second kappa shape index (κ2) is 11.1. The van der Waals surface area contributed by atoms with E-state index in [1.807, 2.05) is 20.0 Å². The first-order valence-electron chi connectivity index (χ1n) is 8.84. The van der Waals surface area contributed by atoms with Gasteiger partial charge in [-0.1, -0.05) is 23.2 Å². The minimum Gasteiger partial charge on any atom is -0.433 e. The fraction of sp³-hybridized carbons (Fsp3) is 0.444. The van der Waals surface area contributed by atoms with E-state index in [-0.39, 0.29) is 17.3 Å². The molecule has 1 aromatic carbocycles. The SMILES string of the molecule is CCNC(=NCc1cc(Cl)cc(Cl)c1OC(F)F)NCCCc1cn[nH]c1C. The van der Waals surface area contributed by atoms with E-state index in [2.05, 4.69) is 30.6 Å². The molecule has 1 aromatic heterocycles. The zero-order chi connectivity index (χ0) is 20.5. The summed E-state index contributed by atoms with van der Waals surface area (Å²) in [5.74, 6) is 0.446. The number of aryl methyl sites for hydroxylation is 2. The highest BCUT2D eigenvalue weighted by Gasteiger charge is 2.15. The Bertz CT molecular complexity index is 798. The first-order chi connectivity index (χ1) is 13.4. The minimum absolute atomic E-state index is 0.0199. The molecule has 6 nitrogen and oxygen atoms in total. The van der Waals surface area contributed by atoms with Crippen LogP contribution in [0.25, 0.3) is 0 Å². The maximum Gasteiger partial charge on any atom is 0.387 e. The average molecular weight is 434 g/mol. The number of nitrogens with one attached hydrogen (secondary N) is 3. The molecular weight excluding hydrogens is 411 g/mol. The number of aliphatic imine (C=N–C) groups is 1. The number of aromatic nitrogens is 2. The Morgan fingerprint density at radius 2 is 2.07 bits per heavy atom. The molecule has 0 amide bonds. The van der Waals surface area contributed by atoms with Crippen LogP contribution in [0, 0.1) is 6.92 Å². The Hall–Kier alpha value is -2.06. The van der Waals surface area contributed by atoms with Gasteiger partial charge < -0.3 is 15.4 Å². The summed E-state index contributed by atoms with van der Waals surface area (Å²) < 4.78 is 29.9. The van der Waals surface area contributed by atoms with Crippen molar-refractivity contribution < 1.29 is 13.5 Å². The fourth-order valence-electron chi connectivity index (χ4n) is 2.57. The number of benzene rings is 1. The molecule has 2 rings (SSSR count). The van der Waals surface area contributed by atoms with Gasteiger partial charge in [0.25, 0.3) is 0 Å². The van der Waals surface area contributed by atoms with Gasteiger partial charge in [0.1, 0.15) is 5.75 Å². The van der Waals surface area contributed by atoms with Gasteiger partial charge in [0.05, 0.1) is 17.8 Å². The molecule has 0 aliphatic heterocycles. The summed E-state index contributed by atoms with van der Waals surface area (Å²) in [6, 6.07) is 2.87. The first kappa shape index (κ1) is 22.2. The van der Waals surface area contributed by atoms with Crippen molar-refractivity contribution in [1.29, 1.82) is 0 Å². The molecule has 0 saturated carbocycles. The molecule has 2 aromatic rings. The molecule has 1 heterocycles. The lowest BCUT2D eigenvalue weighted by Crippen LogP contribution is -2.37. The van der Waals surface area contributed by atoms with Crippen LogP contribution in [0.3, 0.4) is 0 Å². The van der Waals surface area contributed by atoms with Crippen LogP contribution in [0.15, 0.2) is 23.3 Å². The number of nitrogens with zero attached hydrogens (tertiary/aromatic N) is 2. The molecule has 154 valence electrons. The van der Waals surface area contributed by atoms with Gasteiger partial charge in [0.2, 0.25) is 0 Å². The summed E-state index contributed by atoms with van der Waals surface area (Å²) in [5, 5.41) is 13.6. The molecule has 0 fully saturated rings. The summed E-state index contributed by atoms with van der Waals surface area (Å²) in [4.78, 5) is 4.42. The lowest BCUT2D eigenvalue weighted by molar-refractivity contribution is -0.0503. The van der Waals surface area contributed by atoms with Gasteiger partial charge in [-0.05, 0) is 44.4 Å². The molecule has 3 N–H and O–H groups in total. The molecule has 28 heavy (non-hydrogen) atoms. The van der Waals surface area contributed by atoms with E-state index in [1.165, 1.54) is 17.7 Å². The third-order valence-electron chi connectivity index (χ3n) is 3.89. The summed E-state index contributed by atoms with van der Waals surface area (Å²) in [7, 11) is 0. The Kier molecular flexibility index (Phi) is 8.79. The van der Waals surface area contributed by atoms with Crippen molar-refractivity contribution in [3.8, 4) is 5.75 Å². The van der Waals surface area contributed by atoms with Crippen LogP contribution in [0.4, 0.5) is 8.78 Å². The maximum atomic E-state index is 12.7. The predicted molar refractivity (Wildman–Crippen MR) is 108 cm³/mol. The monoisotopic (exact) mass is 433 g/mol. The van der Waals surface area contributed by atoms with Crippen molar-refractivity contribution in [3.63, 3.8) is 0 Å². The summed E-state index contributed by atoms with van der Waals surface area (Å²) in [5.41, 5.74) is 2.61. The van der Waals surface area contributed by atoms with Crippen molar-refractivity contribution in [2.24, 2.45) is 4.99 Å². The van der Waals surface area contributed by atoms with Gasteiger partial charge in [0, 0.05) is 29.4 Å². The van der Waals surface area contributed by atoms with E-state index in [0.717, 1.165) is 18.5 Å². The quantitative estimate of drug-likeness (QED) is 0.312. The highest BCUT2D eigenvalue weighted by molar-refractivity contribution is 6.35. The Balaban J connectivity index is 2.00. The molecule has 0 saturated heterocycles. The summed E-state index contributed by atoms with van der Waals surface area (Å²) in [6.07, 6.45) is 3.58. The molecule has 0 bridgehead atoms. The number of alkyl halides is 2. The van der Waals surface area contributed by atoms with Crippen molar-refractivity contribution in [1.82, 2.24) is 20.8 Å². The number of guanidine groups is 1. The van der Waals surface area contributed by atoms with Crippen molar-refractivity contribution in [2.45, 2.75) is 39.8 Å². The van der Waals surface area contributed by atoms with E-state index < -0.39 is 6.61 Å². The molecular formula is C18H23Cl2F2N5O. The van der Waals surface area contributed by atoms with Crippen LogP contribution >= 0.6 is 23.2 Å². The van der Waals surface area contributed by atoms with E-state index in [0.29, 0.717) is 29.6 Å². The standard InChI is InChI=1S/C18H23Cl2F2N5O/c1-3-23-18(24-6-4-5-12-10-26-27-11(12)2)25-9-13-7-14(19)8-15(20)16(13)28-17(21)22/h7-8,10,17H,3-6,9H2,1-2H3,(H,26,27)(H2,23,24,25). The van der Waals surface area contributed by atoms with E-state index in [9.17, 15) is 8.78 Å². The lowest BCUT2D eigenvalue weighted by atomic mass is 10.1. The van der Waals surface area contributed by atoms with E-state index in [4.69, 9.17) is 23.2 Å². The van der Waals surface area contributed by atoms with Crippen molar-refractivity contribution >= 4 is 29.2 Å². The van der Waals surface area contributed by atoms with Gasteiger partial charge in [0.15, 0.2) is 5.96 Å². The molecule has 0 aliphatic carbocycles. The molecule has 10 heteroatoms. The second-order valence-corrected chi connectivity index (χ2v) is 6.84. The van der Waals surface area contributed by atoms with Crippen LogP contribution in [-0.4, -0.2) is 35.9 Å². The van der Waals surface area contributed by atoms with E-state index in [1.54, 1.807) is 0 Å². The number of aromatic amines is 1. The van der Waals surface area contributed by atoms with E-state index >= 15 is 0 Å². The van der Waals surface area contributed by atoms with Crippen molar-refractivity contribution in [3.05, 3.63) is 45.2 Å². The largest absolute Gasteiger partial charge is 0.433 e. The third kappa shape index (κ3) is 6.83. The second-order valence-electron chi connectivity index (χ2n) is 6.00. The zero-order valence-electron chi connectivity index (χ0n) is 15.7. The van der Waals surface area contributed by atoms with Crippen LogP contribution < -0.4 is 15.4 Å². The Labute approximate surface area is 172 Å². The third-order valence-corrected chi connectivity index (χ3v) is 4.39. The number of hydrogen-bond donors (Lipinski definition) is 3. The molecule has 0 spiro atoms.